The van der Waals surface area contributed by atoms with Crippen molar-refractivity contribution in [3.05, 3.63) is 77.9 Å². The fraction of sp³-hybridized carbons (Fsp3) is 0.231. The first-order valence-electron chi connectivity index (χ1n) is 10.6. The van der Waals surface area contributed by atoms with Crippen LogP contribution in [0.5, 0.6) is 11.5 Å². The van der Waals surface area contributed by atoms with Gasteiger partial charge in [0.2, 0.25) is 12.7 Å². The van der Waals surface area contributed by atoms with Crippen molar-refractivity contribution in [1.29, 1.82) is 0 Å². The number of nitrogens with zero attached hydrogens (tertiary/aromatic N) is 1. The van der Waals surface area contributed by atoms with E-state index in [1.807, 2.05) is 66.7 Å². The molecule has 1 N–H and O–H groups in total. The fourth-order valence-electron chi connectivity index (χ4n) is 4.05. The first kappa shape index (κ1) is 20.1. The van der Waals surface area contributed by atoms with Gasteiger partial charge in [0.05, 0.1) is 5.41 Å². The molecule has 6 nitrogen and oxygen atoms in total. The van der Waals surface area contributed by atoms with Crippen LogP contribution in [0.4, 0.5) is 5.69 Å². The largest absolute Gasteiger partial charge is 0.454 e. The number of hydrogen-bond donors (Lipinski definition) is 1. The monoisotopic (exact) mass is 428 g/mol. The molecule has 0 spiro atoms. The van der Waals surface area contributed by atoms with Gasteiger partial charge >= 0.3 is 0 Å². The first-order valence-corrected chi connectivity index (χ1v) is 10.6. The Bertz CT molecular complexity index is 1200. The van der Waals surface area contributed by atoms with Crippen LogP contribution in [0.25, 0.3) is 11.1 Å². The van der Waals surface area contributed by atoms with Crippen LogP contribution in [-0.4, -0.2) is 37.6 Å². The van der Waals surface area contributed by atoms with Gasteiger partial charge in [-0.1, -0.05) is 30.3 Å². The third kappa shape index (κ3) is 3.58. The Morgan fingerprint density at radius 3 is 2.34 bits per heavy atom. The minimum absolute atomic E-state index is 0.0114. The van der Waals surface area contributed by atoms with Gasteiger partial charge in [0.25, 0.3) is 5.91 Å². The zero-order valence-corrected chi connectivity index (χ0v) is 18.1. The molecule has 1 heterocycles. The topological polar surface area (TPSA) is 67.9 Å². The lowest BCUT2D eigenvalue weighted by molar-refractivity contribution is -0.118. The second-order valence-corrected chi connectivity index (χ2v) is 8.46. The van der Waals surface area contributed by atoms with Crippen molar-refractivity contribution in [2.24, 2.45) is 0 Å². The van der Waals surface area contributed by atoms with E-state index in [1.54, 1.807) is 19.0 Å². The Hall–Kier alpha value is -3.80. The average molecular weight is 428 g/mol. The minimum Gasteiger partial charge on any atom is -0.454 e. The number of rotatable bonds is 5. The van der Waals surface area contributed by atoms with Crippen LogP contribution < -0.4 is 14.8 Å². The third-order valence-electron chi connectivity index (χ3n) is 6.10. The summed E-state index contributed by atoms with van der Waals surface area (Å²) >= 11 is 0. The van der Waals surface area contributed by atoms with E-state index in [1.165, 1.54) is 0 Å². The lowest BCUT2D eigenvalue weighted by Gasteiger charge is -2.16. The van der Waals surface area contributed by atoms with Gasteiger partial charge in [-0.2, -0.15) is 0 Å². The highest BCUT2D eigenvalue weighted by Gasteiger charge is 2.51. The van der Waals surface area contributed by atoms with Crippen LogP contribution in [0.1, 0.15) is 28.8 Å². The van der Waals surface area contributed by atoms with Crippen LogP contribution in [0.3, 0.4) is 0 Å². The summed E-state index contributed by atoms with van der Waals surface area (Å²) in [5.74, 6) is 1.37. The van der Waals surface area contributed by atoms with Crippen LogP contribution in [0, 0.1) is 0 Å². The van der Waals surface area contributed by atoms with Gasteiger partial charge in [-0.05, 0) is 65.9 Å². The molecule has 3 aromatic rings. The van der Waals surface area contributed by atoms with Crippen LogP contribution in [-0.2, 0) is 10.2 Å². The smallest absolute Gasteiger partial charge is 0.253 e. The Labute approximate surface area is 186 Å². The van der Waals surface area contributed by atoms with E-state index in [4.69, 9.17) is 9.47 Å². The molecule has 0 unspecified atom stereocenters. The van der Waals surface area contributed by atoms with Gasteiger partial charge in [-0.25, -0.2) is 0 Å². The second kappa shape index (κ2) is 7.71. The Morgan fingerprint density at radius 2 is 1.62 bits per heavy atom. The van der Waals surface area contributed by atoms with Crippen molar-refractivity contribution >= 4 is 17.5 Å². The van der Waals surface area contributed by atoms with E-state index in [0.29, 0.717) is 11.3 Å². The standard InChI is InChI=1S/C26H24N2O4/c1-28(2)24(29)19-5-3-4-18(14-19)17-6-9-21(10-7-17)27-25(30)26(12-13-26)20-8-11-22-23(15-20)32-16-31-22/h3-11,14-15H,12-13,16H2,1-2H3,(H,27,30). The summed E-state index contributed by atoms with van der Waals surface area (Å²) in [5.41, 5.74) is 3.76. The number of nitrogens with one attached hydrogen (secondary N) is 1. The van der Waals surface area contributed by atoms with Crippen molar-refractivity contribution in [2.45, 2.75) is 18.3 Å². The maximum Gasteiger partial charge on any atom is 0.253 e. The van der Waals surface area contributed by atoms with Crippen molar-refractivity contribution in [3.8, 4) is 22.6 Å². The van der Waals surface area contributed by atoms with Crippen molar-refractivity contribution in [3.63, 3.8) is 0 Å². The highest BCUT2D eigenvalue weighted by molar-refractivity contribution is 6.01. The summed E-state index contributed by atoms with van der Waals surface area (Å²) in [7, 11) is 3.48. The molecule has 0 aromatic heterocycles. The maximum atomic E-state index is 13.1. The molecule has 0 saturated heterocycles. The van der Waals surface area contributed by atoms with Crippen LogP contribution in [0.2, 0.25) is 0 Å². The molecular weight excluding hydrogens is 404 g/mol. The lowest BCUT2D eigenvalue weighted by atomic mass is 9.94. The predicted octanol–water partition coefficient (Wildman–Crippen LogP) is 4.45. The maximum absolute atomic E-state index is 13.1. The summed E-state index contributed by atoms with van der Waals surface area (Å²) in [5, 5.41) is 3.06. The zero-order chi connectivity index (χ0) is 22.3. The molecule has 1 fully saturated rings. The van der Waals surface area contributed by atoms with E-state index in [0.717, 1.165) is 41.0 Å². The summed E-state index contributed by atoms with van der Waals surface area (Å²) < 4.78 is 10.9. The number of carbonyl (C=O) groups excluding carboxylic acids is 2. The number of hydrogen-bond acceptors (Lipinski definition) is 4. The van der Waals surface area contributed by atoms with Crippen molar-refractivity contribution in [1.82, 2.24) is 4.90 Å². The molecule has 32 heavy (non-hydrogen) atoms. The molecule has 5 rings (SSSR count). The Kier molecular flexibility index (Phi) is 4.85. The van der Waals surface area contributed by atoms with Crippen molar-refractivity contribution in [2.75, 3.05) is 26.2 Å². The molecule has 2 aliphatic rings. The fourth-order valence-corrected chi connectivity index (χ4v) is 4.05. The quantitative estimate of drug-likeness (QED) is 0.652. The highest BCUT2D eigenvalue weighted by Crippen LogP contribution is 2.51. The number of benzene rings is 3. The number of carbonyl (C=O) groups is 2. The first-order chi connectivity index (χ1) is 15.5. The van der Waals surface area contributed by atoms with E-state index in [2.05, 4.69) is 5.32 Å². The number of amides is 2. The average Bonchev–Trinajstić information content (AvgIpc) is 3.50. The summed E-state index contributed by atoms with van der Waals surface area (Å²) in [6.07, 6.45) is 1.62. The van der Waals surface area contributed by atoms with Gasteiger partial charge in [-0.3, -0.25) is 9.59 Å². The van der Waals surface area contributed by atoms with E-state index < -0.39 is 5.41 Å². The van der Waals surface area contributed by atoms with E-state index in [-0.39, 0.29) is 18.6 Å². The SMILES string of the molecule is CN(C)C(=O)c1cccc(-c2ccc(NC(=O)C3(c4ccc5c(c4)OCO5)CC3)cc2)c1. The predicted molar refractivity (Wildman–Crippen MR) is 122 cm³/mol. The van der Waals surface area contributed by atoms with Crippen LogP contribution >= 0.6 is 0 Å². The molecule has 3 aromatic carbocycles. The van der Waals surface area contributed by atoms with Gasteiger partial charge in [0, 0.05) is 25.3 Å². The van der Waals surface area contributed by atoms with Gasteiger partial charge < -0.3 is 19.7 Å². The van der Waals surface area contributed by atoms with Crippen LogP contribution in [0.15, 0.2) is 66.7 Å². The zero-order valence-electron chi connectivity index (χ0n) is 18.1. The van der Waals surface area contributed by atoms with Gasteiger partial charge in [0.15, 0.2) is 11.5 Å². The van der Waals surface area contributed by atoms with E-state index in [9.17, 15) is 9.59 Å². The number of anilines is 1. The van der Waals surface area contributed by atoms with Crippen molar-refractivity contribution < 1.29 is 19.1 Å². The number of fused-ring (bicyclic) bond motifs is 1. The highest BCUT2D eigenvalue weighted by atomic mass is 16.7. The summed E-state index contributed by atoms with van der Waals surface area (Å²) in [6, 6.07) is 21.0. The molecule has 0 radical (unpaired) electrons. The van der Waals surface area contributed by atoms with E-state index >= 15 is 0 Å². The minimum atomic E-state index is -0.513. The summed E-state index contributed by atoms with van der Waals surface area (Å²) in [6.45, 7) is 0.219. The van der Waals surface area contributed by atoms with Gasteiger partial charge in [0.1, 0.15) is 0 Å². The summed E-state index contributed by atoms with van der Waals surface area (Å²) in [4.78, 5) is 26.9. The molecule has 1 aliphatic carbocycles. The number of ether oxygens (including phenoxy) is 2. The molecule has 0 bridgehead atoms. The third-order valence-corrected chi connectivity index (χ3v) is 6.10. The Balaban J connectivity index is 1.32. The molecule has 6 heteroatoms. The molecule has 0 atom stereocenters. The Morgan fingerprint density at radius 1 is 0.875 bits per heavy atom. The van der Waals surface area contributed by atoms with Gasteiger partial charge in [-0.15, -0.1) is 0 Å². The lowest BCUT2D eigenvalue weighted by Crippen LogP contribution is -2.27. The molecule has 162 valence electrons. The molecular formula is C26H24N2O4. The molecule has 1 saturated carbocycles. The second-order valence-electron chi connectivity index (χ2n) is 8.46. The molecule has 1 aliphatic heterocycles. The normalized spacial score (nSPS) is 15.2. The molecule has 2 amide bonds.